The molecule has 6 aromatic rings. The van der Waals surface area contributed by atoms with Gasteiger partial charge in [-0.1, -0.05) is 144 Å². The monoisotopic (exact) mass is 791 g/mol. The first-order valence-electron chi connectivity index (χ1n) is 18.1. The predicted molar refractivity (Wildman–Crippen MR) is 215 cm³/mol. The Kier molecular flexibility index (Phi) is 7.02. The number of nitrogens with zero attached hydrogens (tertiary/aromatic N) is 1. The first-order chi connectivity index (χ1) is 24.6. The molecular weight excluding hydrogens is 754 g/mol. The van der Waals surface area contributed by atoms with Gasteiger partial charge in [-0.25, -0.2) is 0 Å². The van der Waals surface area contributed by atoms with Crippen LogP contribution in [-0.2, 0) is 28.5 Å². The van der Waals surface area contributed by atoms with E-state index in [1.54, 1.807) is 0 Å². The van der Waals surface area contributed by atoms with E-state index in [4.69, 9.17) is 4.74 Å². The lowest BCUT2D eigenvalue weighted by atomic mass is 9.64. The maximum absolute atomic E-state index is 6.40. The number of rotatable bonds is 4. The average molecular weight is 794 g/mol. The van der Waals surface area contributed by atoms with Gasteiger partial charge in [0, 0.05) is 43.6 Å². The molecule has 2 aliphatic heterocycles. The summed E-state index contributed by atoms with van der Waals surface area (Å²) >= 11 is 8.09. The van der Waals surface area contributed by atoms with Crippen LogP contribution < -0.4 is 4.90 Å². The highest BCUT2D eigenvalue weighted by molar-refractivity contribution is 9.10. The lowest BCUT2D eigenvalue weighted by molar-refractivity contribution is 0.380. The molecule has 10 rings (SSSR count). The maximum atomic E-state index is 6.40. The highest BCUT2D eigenvalue weighted by Crippen LogP contribution is 2.61. The summed E-state index contributed by atoms with van der Waals surface area (Å²) in [6.45, 7) is 10.2. The summed E-state index contributed by atoms with van der Waals surface area (Å²) in [5, 5.41) is 0. The zero-order chi connectivity index (χ0) is 34.8. The molecule has 2 atom stereocenters. The molecule has 1 saturated heterocycles. The van der Waals surface area contributed by atoms with Crippen LogP contribution in [-0.4, -0.2) is 0 Å². The van der Waals surface area contributed by atoms with E-state index in [2.05, 4.69) is 186 Å². The number of anilines is 2. The Hall–Kier alpha value is -3.96. The van der Waals surface area contributed by atoms with Crippen molar-refractivity contribution in [2.45, 2.75) is 69.6 Å². The minimum absolute atomic E-state index is 0.0387. The zero-order valence-electron chi connectivity index (χ0n) is 29.3. The molecular formula is C47H39Br2NO. The van der Waals surface area contributed by atoms with Gasteiger partial charge in [-0.15, -0.1) is 0 Å². The third kappa shape index (κ3) is 4.69. The summed E-state index contributed by atoms with van der Waals surface area (Å²) in [6, 6.07) is 45.6. The third-order valence-electron chi connectivity index (χ3n) is 12.3. The van der Waals surface area contributed by atoms with E-state index >= 15 is 0 Å². The van der Waals surface area contributed by atoms with Crippen LogP contribution in [0.4, 0.5) is 11.4 Å². The SMILES string of the molecule is CC1(C)c2ccccc2C(Cc2cc3c(cc2Br)C2OC2c2cc(Br)c(CN4c5ccccc5C(C)(C)c5ccccc54)cc2-3)c2ccccc21. The van der Waals surface area contributed by atoms with Gasteiger partial charge in [-0.2, -0.15) is 0 Å². The summed E-state index contributed by atoms with van der Waals surface area (Å²) in [7, 11) is 0. The second kappa shape index (κ2) is 11.3. The number of halogens is 2. The van der Waals surface area contributed by atoms with Crippen LogP contribution in [0.1, 0.15) is 101 Å². The van der Waals surface area contributed by atoms with E-state index in [9.17, 15) is 0 Å². The van der Waals surface area contributed by atoms with Gasteiger partial charge in [0.1, 0.15) is 12.2 Å². The quantitative estimate of drug-likeness (QED) is 0.165. The molecule has 4 aliphatic rings. The highest BCUT2D eigenvalue weighted by atomic mass is 79.9. The molecule has 1 fully saturated rings. The van der Waals surface area contributed by atoms with Crippen molar-refractivity contribution in [3.05, 3.63) is 186 Å². The van der Waals surface area contributed by atoms with Gasteiger partial charge >= 0.3 is 0 Å². The first kappa shape index (κ1) is 31.7. The molecule has 0 amide bonds. The Morgan fingerprint density at radius 2 is 0.961 bits per heavy atom. The van der Waals surface area contributed by atoms with Crippen LogP contribution in [0.25, 0.3) is 11.1 Å². The minimum atomic E-state index is -0.0765. The van der Waals surface area contributed by atoms with Crippen LogP contribution in [0, 0.1) is 0 Å². The molecule has 0 saturated carbocycles. The van der Waals surface area contributed by atoms with E-state index < -0.39 is 0 Å². The number of hydrogen-bond acceptors (Lipinski definition) is 2. The van der Waals surface area contributed by atoms with Crippen molar-refractivity contribution in [2.75, 3.05) is 4.90 Å². The van der Waals surface area contributed by atoms with E-state index in [0.717, 1.165) is 17.4 Å². The fourth-order valence-corrected chi connectivity index (χ4v) is 10.7. The number of fused-ring (bicyclic) bond motifs is 10. The van der Waals surface area contributed by atoms with Gasteiger partial charge in [0.2, 0.25) is 0 Å². The lowest BCUT2D eigenvalue weighted by Crippen LogP contribution is -2.32. The Morgan fingerprint density at radius 3 is 1.51 bits per heavy atom. The number of para-hydroxylation sites is 2. The van der Waals surface area contributed by atoms with Crippen molar-refractivity contribution in [2.24, 2.45) is 0 Å². The molecule has 0 bridgehead atoms. The predicted octanol–water partition coefficient (Wildman–Crippen LogP) is 13.0. The lowest BCUT2D eigenvalue weighted by Gasteiger charge is -2.42. The zero-order valence-corrected chi connectivity index (χ0v) is 32.5. The van der Waals surface area contributed by atoms with Crippen molar-refractivity contribution < 1.29 is 4.74 Å². The molecule has 0 spiro atoms. The Bertz CT molecular complexity index is 2160. The summed E-state index contributed by atoms with van der Waals surface area (Å²) in [6.07, 6.45) is 1.13. The topological polar surface area (TPSA) is 15.8 Å². The van der Waals surface area contributed by atoms with Crippen molar-refractivity contribution in [1.29, 1.82) is 0 Å². The maximum Gasteiger partial charge on any atom is 0.114 e. The number of hydrogen-bond donors (Lipinski definition) is 0. The molecule has 0 N–H and O–H groups in total. The largest absolute Gasteiger partial charge is 0.359 e. The molecule has 51 heavy (non-hydrogen) atoms. The molecule has 4 heteroatoms. The van der Waals surface area contributed by atoms with E-state index in [0.29, 0.717) is 0 Å². The van der Waals surface area contributed by atoms with Crippen molar-refractivity contribution in [1.82, 2.24) is 0 Å². The number of benzene rings is 6. The smallest absolute Gasteiger partial charge is 0.114 e. The molecule has 2 aliphatic carbocycles. The van der Waals surface area contributed by atoms with Gasteiger partial charge in [0.25, 0.3) is 0 Å². The molecule has 0 aromatic heterocycles. The Morgan fingerprint density at radius 1 is 0.529 bits per heavy atom. The number of ether oxygens (including phenoxy) is 1. The molecule has 2 nitrogen and oxygen atoms in total. The highest BCUT2D eigenvalue weighted by Gasteiger charge is 2.48. The molecule has 2 unspecified atom stereocenters. The van der Waals surface area contributed by atoms with Gasteiger partial charge in [-0.3, -0.25) is 0 Å². The van der Waals surface area contributed by atoms with Gasteiger partial charge < -0.3 is 9.64 Å². The summed E-state index contributed by atoms with van der Waals surface area (Å²) in [5.41, 5.74) is 18.7. The molecule has 0 radical (unpaired) electrons. The average Bonchev–Trinajstić information content (AvgIpc) is 3.95. The van der Waals surface area contributed by atoms with E-state index in [-0.39, 0.29) is 29.0 Å². The first-order valence-corrected chi connectivity index (χ1v) is 19.7. The Labute approximate surface area is 317 Å². The second-order valence-electron chi connectivity index (χ2n) is 15.8. The summed E-state index contributed by atoms with van der Waals surface area (Å²) in [4.78, 5) is 2.51. The van der Waals surface area contributed by atoms with Crippen molar-refractivity contribution >= 4 is 43.2 Å². The van der Waals surface area contributed by atoms with Gasteiger partial charge in [0.05, 0.1) is 0 Å². The second-order valence-corrected chi connectivity index (χ2v) is 17.5. The molecule has 6 aromatic carbocycles. The Balaban J connectivity index is 1.08. The fraction of sp³-hybridized carbons (Fsp3) is 0.234. The molecule has 2 heterocycles. The summed E-state index contributed by atoms with van der Waals surface area (Å²) in [5.74, 6) is 0.275. The standard InChI is InChI=1S/C47H39Br2NO/c1-46(2)36-15-7-5-13-29(36)31(30-14-6-8-16-37(30)46)21-27-22-32-33-23-28(41(49)25-35(33)45-44(51-45)34(32)24-40(27)48)26-50-42-19-11-9-17-38(42)47(3,4)39-18-10-12-20-43(39)50/h5-20,22-25,31,44-45H,21,26H2,1-4H3. The van der Waals surface area contributed by atoms with E-state index in [1.807, 2.05) is 0 Å². The minimum Gasteiger partial charge on any atom is -0.359 e. The van der Waals surface area contributed by atoms with Crippen molar-refractivity contribution in [3.63, 3.8) is 0 Å². The van der Waals surface area contributed by atoms with Crippen LogP contribution in [0.2, 0.25) is 0 Å². The molecule has 252 valence electrons. The van der Waals surface area contributed by atoms with E-state index in [1.165, 1.54) is 82.6 Å². The van der Waals surface area contributed by atoms with Gasteiger partial charge in [0.15, 0.2) is 0 Å². The van der Waals surface area contributed by atoms with Gasteiger partial charge in [-0.05, 0) is 110 Å². The van der Waals surface area contributed by atoms with Crippen LogP contribution >= 0.6 is 31.9 Å². The fourth-order valence-electron chi connectivity index (χ4n) is 9.65. The summed E-state index contributed by atoms with van der Waals surface area (Å²) < 4.78 is 8.70. The van der Waals surface area contributed by atoms with Crippen LogP contribution in [0.15, 0.2) is 130 Å². The number of epoxide rings is 1. The normalized spacial score (nSPS) is 19.8. The van der Waals surface area contributed by atoms with Crippen LogP contribution in [0.5, 0.6) is 0 Å². The van der Waals surface area contributed by atoms with Crippen LogP contribution in [0.3, 0.4) is 0 Å². The third-order valence-corrected chi connectivity index (χ3v) is 13.8. The van der Waals surface area contributed by atoms with Crippen molar-refractivity contribution in [3.8, 4) is 11.1 Å².